The Morgan fingerprint density at radius 1 is 1.64 bits per heavy atom. The van der Waals surface area contributed by atoms with Crippen molar-refractivity contribution < 1.29 is 4.74 Å². The van der Waals surface area contributed by atoms with E-state index < -0.39 is 0 Å². The molecule has 14 heavy (non-hydrogen) atoms. The van der Waals surface area contributed by atoms with Gasteiger partial charge in [0.1, 0.15) is 5.54 Å². The van der Waals surface area contributed by atoms with E-state index in [9.17, 15) is 0 Å². The molecule has 0 radical (unpaired) electrons. The molecule has 1 saturated heterocycles. The van der Waals surface area contributed by atoms with Gasteiger partial charge >= 0.3 is 0 Å². The van der Waals surface area contributed by atoms with Crippen molar-refractivity contribution in [1.82, 2.24) is 5.32 Å². The number of hydrogen-bond acceptors (Lipinski definition) is 3. The van der Waals surface area contributed by atoms with Gasteiger partial charge in [-0.2, -0.15) is 5.26 Å². The van der Waals surface area contributed by atoms with Crippen LogP contribution in [0.25, 0.3) is 0 Å². The van der Waals surface area contributed by atoms with Gasteiger partial charge in [0, 0.05) is 13.2 Å². The van der Waals surface area contributed by atoms with Crippen molar-refractivity contribution in [1.29, 1.82) is 5.26 Å². The number of nitrogens with zero attached hydrogens (tertiary/aromatic N) is 1. The molecule has 0 aromatic rings. The molecule has 3 heteroatoms. The molecule has 0 saturated carbocycles. The average Bonchev–Trinajstić information content (AvgIpc) is 2.68. The summed E-state index contributed by atoms with van der Waals surface area (Å²) >= 11 is 0. The van der Waals surface area contributed by atoms with Crippen molar-refractivity contribution in [2.45, 2.75) is 51.2 Å². The summed E-state index contributed by atoms with van der Waals surface area (Å²) in [5.74, 6) is 0. The first kappa shape index (κ1) is 11.5. The van der Waals surface area contributed by atoms with Gasteiger partial charge in [0.25, 0.3) is 0 Å². The first-order chi connectivity index (χ1) is 6.70. The van der Waals surface area contributed by atoms with E-state index in [1.807, 2.05) is 6.92 Å². The smallest absolute Gasteiger partial charge is 0.104 e. The summed E-state index contributed by atoms with van der Waals surface area (Å²) in [6, 6.07) is 2.34. The van der Waals surface area contributed by atoms with E-state index in [4.69, 9.17) is 10.00 Å². The Balaban J connectivity index is 2.29. The Labute approximate surface area is 86.4 Å². The standard InChI is InChI=1S/C11H20N2O/c1-3-6-11(2,9-12)13-8-10-5-4-7-14-10/h10,13H,3-8H2,1-2H3. The number of ether oxygens (including phenoxy) is 1. The maximum Gasteiger partial charge on any atom is 0.104 e. The fourth-order valence-corrected chi connectivity index (χ4v) is 1.83. The SMILES string of the molecule is CCCC(C)(C#N)NCC1CCCO1. The fourth-order valence-electron chi connectivity index (χ4n) is 1.83. The van der Waals surface area contributed by atoms with E-state index in [-0.39, 0.29) is 5.54 Å². The highest BCUT2D eigenvalue weighted by Gasteiger charge is 2.24. The maximum absolute atomic E-state index is 9.04. The second kappa shape index (κ2) is 5.33. The summed E-state index contributed by atoms with van der Waals surface area (Å²) in [5.41, 5.74) is -0.374. The lowest BCUT2D eigenvalue weighted by Crippen LogP contribution is -2.44. The molecule has 0 bridgehead atoms. The minimum absolute atomic E-state index is 0.319. The number of rotatable bonds is 5. The van der Waals surface area contributed by atoms with Crippen molar-refractivity contribution in [3.63, 3.8) is 0 Å². The zero-order valence-corrected chi connectivity index (χ0v) is 9.18. The molecule has 1 aliphatic heterocycles. The van der Waals surface area contributed by atoms with Gasteiger partial charge in [-0.3, -0.25) is 5.32 Å². The molecular weight excluding hydrogens is 176 g/mol. The van der Waals surface area contributed by atoms with Crippen LogP contribution in [0.1, 0.15) is 39.5 Å². The third-order valence-electron chi connectivity index (χ3n) is 2.74. The van der Waals surface area contributed by atoms with Crippen molar-refractivity contribution in [2.24, 2.45) is 0 Å². The average molecular weight is 196 g/mol. The normalized spacial score (nSPS) is 25.6. The first-order valence-corrected chi connectivity index (χ1v) is 5.48. The minimum atomic E-state index is -0.374. The lowest BCUT2D eigenvalue weighted by molar-refractivity contribution is 0.104. The molecule has 1 fully saturated rings. The van der Waals surface area contributed by atoms with Crippen LogP contribution in [0.3, 0.4) is 0 Å². The highest BCUT2D eigenvalue weighted by atomic mass is 16.5. The minimum Gasteiger partial charge on any atom is -0.377 e. The molecule has 1 rings (SSSR count). The Kier molecular flexibility index (Phi) is 4.37. The molecule has 0 aliphatic carbocycles. The van der Waals surface area contributed by atoms with Crippen molar-refractivity contribution in [2.75, 3.05) is 13.2 Å². The van der Waals surface area contributed by atoms with Gasteiger partial charge < -0.3 is 4.74 Å². The van der Waals surface area contributed by atoms with E-state index in [0.29, 0.717) is 6.10 Å². The second-order valence-corrected chi connectivity index (χ2v) is 4.21. The third-order valence-corrected chi connectivity index (χ3v) is 2.74. The van der Waals surface area contributed by atoms with Crippen molar-refractivity contribution >= 4 is 0 Å². The van der Waals surface area contributed by atoms with Crippen LogP contribution in [0.4, 0.5) is 0 Å². The molecule has 2 unspecified atom stereocenters. The van der Waals surface area contributed by atoms with Crippen LogP contribution in [-0.2, 0) is 4.74 Å². The van der Waals surface area contributed by atoms with Crippen LogP contribution >= 0.6 is 0 Å². The second-order valence-electron chi connectivity index (χ2n) is 4.21. The zero-order valence-electron chi connectivity index (χ0n) is 9.18. The highest BCUT2D eigenvalue weighted by Crippen LogP contribution is 2.14. The van der Waals surface area contributed by atoms with E-state index in [1.54, 1.807) is 0 Å². The number of hydrogen-bond donors (Lipinski definition) is 1. The Morgan fingerprint density at radius 2 is 2.43 bits per heavy atom. The van der Waals surface area contributed by atoms with E-state index >= 15 is 0 Å². The fraction of sp³-hybridized carbons (Fsp3) is 0.909. The van der Waals surface area contributed by atoms with Crippen LogP contribution in [0.2, 0.25) is 0 Å². The number of nitrogens with one attached hydrogen (secondary N) is 1. The quantitative estimate of drug-likeness (QED) is 0.729. The highest BCUT2D eigenvalue weighted by molar-refractivity contribution is 5.03. The van der Waals surface area contributed by atoms with Crippen LogP contribution < -0.4 is 5.32 Å². The summed E-state index contributed by atoms with van der Waals surface area (Å²) in [6.45, 7) is 5.75. The van der Waals surface area contributed by atoms with Crippen molar-refractivity contribution in [3.05, 3.63) is 0 Å². The lowest BCUT2D eigenvalue weighted by Gasteiger charge is -2.24. The summed E-state index contributed by atoms with van der Waals surface area (Å²) in [5, 5.41) is 12.3. The number of nitriles is 1. The monoisotopic (exact) mass is 196 g/mol. The van der Waals surface area contributed by atoms with Crippen LogP contribution in [0.15, 0.2) is 0 Å². The molecule has 0 aromatic heterocycles. The van der Waals surface area contributed by atoms with Gasteiger partial charge in [-0.05, 0) is 26.2 Å². The van der Waals surface area contributed by atoms with Gasteiger partial charge in [0.2, 0.25) is 0 Å². The third kappa shape index (κ3) is 3.28. The van der Waals surface area contributed by atoms with Crippen LogP contribution in [0.5, 0.6) is 0 Å². The summed E-state index contributed by atoms with van der Waals surface area (Å²) in [6.07, 6.45) is 4.53. The van der Waals surface area contributed by atoms with Crippen molar-refractivity contribution in [3.8, 4) is 6.07 Å². The zero-order chi connectivity index (χ0) is 10.4. The van der Waals surface area contributed by atoms with Gasteiger partial charge in [-0.25, -0.2) is 0 Å². The predicted molar refractivity (Wildman–Crippen MR) is 55.9 cm³/mol. The van der Waals surface area contributed by atoms with Gasteiger partial charge in [-0.1, -0.05) is 13.3 Å². The molecule has 1 N–H and O–H groups in total. The summed E-state index contributed by atoms with van der Waals surface area (Å²) in [4.78, 5) is 0. The van der Waals surface area contributed by atoms with Crippen LogP contribution in [-0.4, -0.2) is 24.8 Å². The Hall–Kier alpha value is -0.590. The Bertz CT molecular complexity index is 206. The van der Waals surface area contributed by atoms with E-state index in [2.05, 4.69) is 18.3 Å². The van der Waals surface area contributed by atoms with Gasteiger partial charge in [0.15, 0.2) is 0 Å². The molecule has 1 aliphatic rings. The van der Waals surface area contributed by atoms with Crippen LogP contribution in [0, 0.1) is 11.3 Å². The summed E-state index contributed by atoms with van der Waals surface area (Å²) in [7, 11) is 0. The molecule has 1 heterocycles. The van der Waals surface area contributed by atoms with Gasteiger partial charge in [-0.15, -0.1) is 0 Å². The molecule has 0 amide bonds. The molecular formula is C11H20N2O. The summed E-state index contributed by atoms with van der Waals surface area (Å²) < 4.78 is 5.50. The molecule has 0 spiro atoms. The molecule has 2 atom stereocenters. The molecule has 3 nitrogen and oxygen atoms in total. The first-order valence-electron chi connectivity index (χ1n) is 5.48. The molecule has 0 aromatic carbocycles. The molecule has 80 valence electrons. The predicted octanol–water partition coefficient (Wildman–Crippen LogP) is 1.84. The van der Waals surface area contributed by atoms with E-state index in [0.717, 1.165) is 38.8 Å². The Morgan fingerprint density at radius 3 is 2.93 bits per heavy atom. The van der Waals surface area contributed by atoms with E-state index in [1.165, 1.54) is 0 Å². The largest absolute Gasteiger partial charge is 0.377 e. The lowest BCUT2D eigenvalue weighted by atomic mass is 9.98. The topological polar surface area (TPSA) is 45.0 Å². The van der Waals surface area contributed by atoms with Gasteiger partial charge in [0.05, 0.1) is 12.2 Å². The maximum atomic E-state index is 9.04.